The number of rotatable bonds is 13. The van der Waals surface area contributed by atoms with Crippen LogP contribution in [0.4, 0.5) is 4.79 Å². The Labute approximate surface area is 217 Å². The second-order valence-corrected chi connectivity index (χ2v) is 10.6. The Morgan fingerprint density at radius 2 is 2.00 bits per heavy atom. The van der Waals surface area contributed by atoms with Crippen molar-refractivity contribution >= 4 is 17.6 Å². The maximum absolute atomic E-state index is 13.3. The molecule has 2 aliphatic rings. The lowest BCUT2D eigenvalue weighted by Gasteiger charge is -2.38. The van der Waals surface area contributed by atoms with Gasteiger partial charge in [-0.1, -0.05) is 55.8 Å². The molecule has 1 aliphatic heterocycles. The van der Waals surface area contributed by atoms with E-state index >= 15 is 0 Å². The molecule has 198 valence electrons. The lowest BCUT2D eigenvalue weighted by atomic mass is 9.85. The molecule has 35 heavy (non-hydrogen) atoms. The highest BCUT2D eigenvalue weighted by molar-refractivity contribution is 6.30. The largest absolute Gasteiger partial charge is 0.382 e. The minimum atomic E-state index is -0.0822. The minimum Gasteiger partial charge on any atom is -0.382 e. The van der Waals surface area contributed by atoms with E-state index in [1.54, 1.807) is 0 Å². The Balaban J connectivity index is 1.61. The van der Waals surface area contributed by atoms with Crippen molar-refractivity contribution in [1.29, 1.82) is 0 Å². The number of likely N-dealkylation sites (N-methyl/N-ethyl adjacent to an activating group) is 1. The maximum Gasteiger partial charge on any atom is 0.317 e. The fourth-order valence-electron chi connectivity index (χ4n) is 5.68. The van der Waals surface area contributed by atoms with E-state index in [9.17, 15) is 4.79 Å². The van der Waals surface area contributed by atoms with Gasteiger partial charge in [-0.15, -0.1) is 0 Å². The predicted octanol–water partition coefficient (Wildman–Crippen LogP) is 5.80. The van der Waals surface area contributed by atoms with Crippen LogP contribution in [0.25, 0.3) is 0 Å². The molecule has 1 aliphatic carbocycles. The van der Waals surface area contributed by atoms with E-state index in [0.717, 1.165) is 56.9 Å². The molecule has 0 aromatic heterocycles. The van der Waals surface area contributed by atoms with E-state index in [4.69, 9.17) is 21.1 Å². The Bertz CT molecular complexity index is 744. The smallest absolute Gasteiger partial charge is 0.317 e. The van der Waals surface area contributed by atoms with Gasteiger partial charge in [0.25, 0.3) is 0 Å². The Kier molecular flexibility index (Phi) is 12.7. The molecule has 3 atom stereocenters. The molecule has 2 amide bonds. The normalized spacial score (nSPS) is 21.0. The SMILES string of the molecule is CCOCCCOC(c1cccc(Cl)c1)[C@@H]1CCCN(C(=O)N[C@H](CNC)CC2CCCCC2)C1. The van der Waals surface area contributed by atoms with E-state index < -0.39 is 0 Å². The third-order valence-electron chi connectivity index (χ3n) is 7.41. The second-order valence-electron chi connectivity index (χ2n) is 10.2. The average Bonchev–Trinajstić information content (AvgIpc) is 2.87. The Morgan fingerprint density at radius 3 is 2.74 bits per heavy atom. The number of carbonyl (C=O) groups excluding carboxylic acids is 1. The number of urea groups is 1. The molecule has 7 heteroatoms. The number of hydrogen-bond donors (Lipinski definition) is 2. The fraction of sp³-hybridized carbons (Fsp3) is 0.750. The van der Waals surface area contributed by atoms with Crippen molar-refractivity contribution in [3.8, 4) is 0 Å². The van der Waals surface area contributed by atoms with Gasteiger partial charge in [0.05, 0.1) is 6.10 Å². The van der Waals surface area contributed by atoms with Crippen molar-refractivity contribution in [2.45, 2.75) is 76.9 Å². The molecule has 1 aromatic rings. The number of benzene rings is 1. The molecular formula is C28H46ClN3O3. The number of piperidine rings is 1. The number of nitrogens with one attached hydrogen (secondary N) is 2. The monoisotopic (exact) mass is 507 g/mol. The van der Waals surface area contributed by atoms with Gasteiger partial charge in [-0.2, -0.15) is 0 Å². The third kappa shape index (κ3) is 9.56. The van der Waals surface area contributed by atoms with Crippen molar-refractivity contribution < 1.29 is 14.3 Å². The van der Waals surface area contributed by atoms with E-state index in [0.29, 0.717) is 24.8 Å². The summed E-state index contributed by atoms with van der Waals surface area (Å²) in [6.07, 6.45) is 10.5. The Hall–Kier alpha value is -1.34. The molecule has 1 heterocycles. The molecule has 3 rings (SSSR count). The lowest BCUT2D eigenvalue weighted by molar-refractivity contribution is -0.0184. The van der Waals surface area contributed by atoms with Crippen molar-refractivity contribution in [3.63, 3.8) is 0 Å². The van der Waals surface area contributed by atoms with Crippen molar-refractivity contribution in [3.05, 3.63) is 34.9 Å². The van der Waals surface area contributed by atoms with Crippen LogP contribution in [0.2, 0.25) is 5.02 Å². The molecule has 0 bridgehead atoms. The Morgan fingerprint density at radius 1 is 1.17 bits per heavy atom. The maximum atomic E-state index is 13.3. The summed E-state index contributed by atoms with van der Waals surface area (Å²) in [6.45, 7) is 6.37. The summed E-state index contributed by atoms with van der Waals surface area (Å²) < 4.78 is 11.9. The van der Waals surface area contributed by atoms with Crippen LogP contribution >= 0.6 is 11.6 Å². The van der Waals surface area contributed by atoms with E-state index in [-0.39, 0.29) is 24.1 Å². The highest BCUT2D eigenvalue weighted by atomic mass is 35.5. The quantitative estimate of drug-likeness (QED) is 0.331. The molecule has 1 unspecified atom stereocenters. The number of ether oxygens (including phenoxy) is 2. The molecule has 2 fully saturated rings. The van der Waals surface area contributed by atoms with Gasteiger partial charge in [-0.05, 0) is 63.3 Å². The molecular weight excluding hydrogens is 462 g/mol. The van der Waals surface area contributed by atoms with Crippen LogP contribution in [0.3, 0.4) is 0 Å². The fourth-order valence-corrected chi connectivity index (χ4v) is 5.87. The highest BCUT2D eigenvalue weighted by Gasteiger charge is 2.32. The molecule has 0 spiro atoms. The summed E-state index contributed by atoms with van der Waals surface area (Å²) in [7, 11) is 1.97. The van der Waals surface area contributed by atoms with Crippen molar-refractivity contribution in [2.75, 3.05) is 46.5 Å². The number of likely N-dealkylation sites (tertiary alicyclic amines) is 1. The van der Waals surface area contributed by atoms with E-state index in [1.165, 1.54) is 32.1 Å². The first-order valence-corrected chi connectivity index (χ1v) is 14.1. The average molecular weight is 508 g/mol. The van der Waals surface area contributed by atoms with Crippen LogP contribution in [-0.2, 0) is 9.47 Å². The summed E-state index contributed by atoms with van der Waals surface area (Å²) in [5.74, 6) is 0.968. The summed E-state index contributed by atoms with van der Waals surface area (Å²) in [5, 5.41) is 7.35. The van der Waals surface area contributed by atoms with Crippen LogP contribution in [-0.4, -0.2) is 63.5 Å². The molecule has 6 nitrogen and oxygen atoms in total. The standard InChI is InChI=1S/C28H46ClN3O3/c1-3-34-16-9-17-35-27(23-12-7-14-25(29)19-23)24-13-8-15-32(21-24)28(33)31-26(20-30-2)18-22-10-5-4-6-11-22/h7,12,14,19,22,24,26-27,30H,3-6,8-11,13,15-18,20-21H2,1-2H3,(H,31,33)/t24-,26+,27?/m1/s1. The predicted molar refractivity (Wildman–Crippen MR) is 143 cm³/mol. The number of carbonyl (C=O) groups is 1. The molecule has 1 saturated carbocycles. The summed E-state index contributed by atoms with van der Waals surface area (Å²) in [5.41, 5.74) is 1.09. The van der Waals surface area contributed by atoms with Crippen molar-refractivity contribution in [2.24, 2.45) is 11.8 Å². The van der Waals surface area contributed by atoms with Crippen molar-refractivity contribution in [1.82, 2.24) is 15.5 Å². The minimum absolute atomic E-state index is 0.0620. The topological polar surface area (TPSA) is 62.8 Å². The molecule has 1 aromatic carbocycles. The van der Waals surface area contributed by atoms with E-state index in [1.807, 2.05) is 37.1 Å². The van der Waals surface area contributed by atoms with Crippen LogP contribution in [0.15, 0.2) is 24.3 Å². The van der Waals surface area contributed by atoms with Crippen LogP contribution in [0.5, 0.6) is 0 Å². The highest BCUT2D eigenvalue weighted by Crippen LogP contribution is 2.34. The molecule has 1 saturated heterocycles. The van der Waals surface area contributed by atoms with Gasteiger partial charge < -0.3 is 25.0 Å². The van der Waals surface area contributed by atoms with Gasteiger partial charge in [0.1, 0.15) is 0 Å². The van der Waals surface area contributed by atoms with Gasteiger partial charge in [0, 0.05) is 56.4 Å². The summed E-state index contributed by atoms with van der Waals surface area (Å²) >= 11 is 6.32. The second kappa shape index (κ2) is 15.7. The molecule has 0 radical (unpaired) electrons. The zero-order chi connectivity index (χ0) is 24.9. The number of nitrogens with zero attached hydrogens (tertiary/aromatic N) is 1. The number of hydrogen-bond acceptors (Lipinski definition) is 4. The van der Waals surface area contributed by atoms with Crippen LogP contribution in [0.1, 0.15) is 76.4 Å². The van der Waals surface area contributed by atoms with Gasteiger partial charge >= 0.3 is 6.03 Å². The summed E-state index contributed by atoms with van der Waals surface area (Å²) in [4.78, 5) is 15.3. The third-order valence-corrected chi connectivity index (χ3v) is 7.64. The number of amides is 2. The first kappa shape index (κ1) is 28.2. The first-order valence-electron chi connectivity index (χ1n) is 13.8. The van der Waals surface area contributed by atoms with Crippen LogP contribution in [0, 0.1) is 11.8 Å². The van der Waals surface area contributed by atoms with Gasteiger partial charge in [-0.3, -0.25) is 0 Å². The van der Waals surface area contributed by atoms with Crippen LogP contribution < -0.4 is 10.6 Å². The van der Waals surface area contributed by atoms with Gasteiger partial charge in [0.15, 0.2) is 0 Å². The zero-order valence-corrected chi connectivity index (χ0v) is 22.5. The van der Waals surface area contributed by atoms with Gasteiger partial charge in [0.2, 0.25) is 0 Å². The first-order chi connectivity index (χ1) is 17.1. The number of halogens is 1. The lowest BCUT2D eigenvalue weighted by Crippen LogP contribution is -2.52. The van der Waals surface area contributed by atoms with E-state index in [2.05, 4.69) is 16.7 Å². The van der Waals surface area contributed by atoms with Gasteiger partial charge in [-0.25, -0.2) is 4.79 Å². The summed E-state index contributed by atoms with van der Waals surface area (Å²) in [6, 6.07) is 8.20. The molecule has 2 N–H and O–H groups in total. The zero-order valence-electron chi connectivity index (χ0n) is 21.8.